The molecule has 0 saturated heterocycles. The van der Waals surface area contributed by atoms with Crippen molar-refractivity contribution in [2.24, 2.45) is 0 Å². The van der Waals surface area contributed by atoms with Crippen LogP contribution in [0.25, 0.3) is 0 Å². The van der Waals surface area contributed by atoms with Gasteiger partial charge in [-0.05, 0) is 30.5 Å². The van der Waals surface area contributed by atoms with Crippen molar-refractivity contribution < 1.29 is 4.79 Å². The van der Waals surface area contributed by atoms with Crippen LogP contribution in [0.3, 0.4) is 0 Å². The Kier molecular flexibility index (Phi) is 4.99. The van der Waals surface area contributed by atoms with Gasteiger partial charge in [-0.25, -0.2) is 0 Å². The van der Waals surface area contributed by atoms with Gasteiger partial charge in [0.1, 0.15) is 0 Å². The van der Waals surface area contributed by atoms with Crippen molar-refractivity contribution in [2.45, 2.75) is 26.3 Å². The van der Waals surface area contributed by atoms with Crippen molar-refractivity contribution in [3.63, 3.8) is 0 Å². The van der Waals surface area contributed by atoms with E-state index in [1.165, 1.54) is 11.1 Å². The quantitative estimate of drug-likeness (QED) is 0.856. The third-order valence-electron chi connectivity index (χ3n) is 3.60. The summed E-state index contributed by atoms with van der Waals surface area (Å²) in [5, 5.41) is 0. The minimum Gasteiger partial charge on any atom is -0.398 e. The second-order valence-electron chi connectivity index (χ2n) is 5.44. The Hall–Kier alpha value is -2.29. The SMILES string of the molecule is Cc1cccc(CCC(=O)N(C)Cc2ccccc2N)c1. The molecule has 2 N–H and O–H groups in total. The van der Waals surface area contributed by atoms with Gasteiger partial charge in [0, 0.05) is 25.7 Å². The summed E-state index contributed by atoms with van der Waals surface area (Å²) >= 11 is 0. The molecule has 3 nitrogen and oxygen atoms in total. The molecule has 0 aliphatic heterocycles. The number of amides is 1. The normalized spacial score (nSPS) is 10.4. The molecule has 0 saturated carbocycles. The van der Waals surface area contributed by atoms with Gasteiger partial charge < -0.3 is 10.6 Å². The zero-order valence-corrected chi connectivity index (χ0v) is 12.7. The lowest BCUT2D eigenvalue weighted by Gasteiger charge is -2.18. The van der Waals surface area contributed by atoms with E-state index >= 15 is 0 Å². The van der Waals surface area contributed by atoms with Crippen molar-refractivity contribution in [1.82, 2.24) is 4.90 Å². The fourth-order valence-electron chi connectivity index (χ4n) is 2.33. The zero-order valence-electron chi connectivity index (χ0n) is 12.7. The summed E-state index contributed by atoms with van der Waals surface area (Å²) in [7, 11) is 1.82. The molecule has 0 unspecified atom stereocenters. The summed E-state index contributed by atoms with van der Waals surface area (Å²) in [6.07, 6.45) is 1.29. The van der Waals surface area contributed by atoms with Crippen LogP contribution in [0.4, 0.5) is 5.69 Å². The van der Waals surface area contributed by atoms with E-state index in [1.54, 1.807) is 4.90 Å². The van der Waals surface area contributed by atoms with E-state index in [4.69, 9.17) is 5.73 Å². The molecule has 110 valence electrons. The van der Waals surface area contributed by atoms with Crippen LogP contribution in [0, 0.1) is 6.92 Å². The Morgan fingerprint density at radius 1 is 1.14 bits per heavy atom. The fourth-order valence-corrected chi connectivity index (χ4v) is 2.33. The average Bonchev–Trinajstić information content (AvgIpc) is 2.47. The van der Waals surface area contributed by atoms with E-state index in [0.29, 0.717) is 13.0 Å². The molecule has 0 fully saturated rings. The predicted molar refractivity (Wildman–Crippen MR) is 86.8 cm³/mol. The molecule has 0 radical (unpaired) electrons. The van der Waals surface area contributed by atoms with Gasteiger partial charge in [-0.3, -0.25) is 4.79 Å². The molecular weight excluding hydrogens is 260 g/mol. The van der Waals surface area contributed by atoms with Crippen LogP contribution in [-0.2, 0) is 17.8 Å². The van der Waals surface area contributed by atoms with Crippen molar-refractivity contribution in [3.05, 3.63) is 65.2 Å². The number of hydrogen-bond acceptors (Lipinski definition) is 2. The highest BCUT2D eigenvalue weighted by Crippen LogP contribution is 2.14. The number of anilines is 1. The van der Waals surface area contributed by atoms with Crippen molar-refractivity contribution in [1.29, 1.82) is 0 Å². The number of rotatable bonds is 5. The molecule has 0 aromatic heterocycles. The van der Waals surface area contributed by atoms with Crippen molar-refractivity contribution in [3.8, 4) is 0 Å². The molecule has 0 spiro atoms. The molecule has 2 aromatic rings. The first-order valence-corrected chi connectivity index (χ1v) is 7.19. The summed E-state index contributed by atoms with van der Waals surface area (Å²) < 4.78 is 0. The molecular formula is C18H22N2O. The Balaban J connectivity index is 1.90. The largest absolute Gasteiger partial charge is 0.398 e. The lowest BCUT2D eigenvalue weighted by atomic mass is 10.1. The van der Waals surface area contributed by atoms with Gasteiger partial charge in [0.2, 0.25) is 5.91 Å². The van der Waals surface area contributed by atoms with E-state index in [-0.39, 0.29) is 5.91 Å². The minimum atomic E-state index is 0.139. The van der Waals surface area contributed by atoms with Gasteiger partial charge in [0.25, 0.3) is 0 Å². The van der Waals surface area contributed by atoms with Gasteiger partial charge in [0.15, 0.2) is 0 Å². The van der Waals surface area contributed by atoms with E-state index < -0.39 is 0 Å². The Morgan fingerprint density at radius 2 is 1.90 bits per heavy atom. The van der Waals surface area contributed by atoms with Crippen LogP contribution in [0.1, 0.15) is 23.1 Å². The average molecular weight is 282 g/mol. The summed E-state index contributed by atoms with van der Waals surface area (Å²) in [5.74, 6) is 0.139. The van der Waals surface area contributed by atoms with E-state index in [2.05, 4.69) is 25.1 Å². The number of benzene rings is 2. The molecule has 0 heterocycles. The monoisotopic (exact) mass is 282 g/mol. The van der Waals surface area contributed by atoms with Gasteiger partial charge in [0.05, 0.1) is 0 Å². The maximum atomic E-state index is 12.2. The van der Waals surface area contributed by atoms with Crippen LogP contribution in [0.2, 0.25) is 0 Å². The number of nitrogen functional groups attached to an aromatic ring is 1. The number of nitrogens with two attached hydrogens (primary N) is 1. The maximum Gasteiger partial charge on any atom is 0.222 e. The van der Waals surface area contributed by atoms with Gasteiger partial charge in [-0.2, -0.15) is 0 Å². The standard InChI is InChI=1S/C18H22N2O/c1-14-6-5-7-15(12-14)10-11-18(21)20(2)13-16-8-3-4-9-17(16)19/h3-9,12H,10-11,13,19H2,1-2H3. The van der Waals surface area contributed by atoms with Crippen LogP contribution in [0.15, 0.2) is 48.5 Å². The summed E-state index contributed by atoms with van der Waals surface area (Å²) in [4.78, 5) is 13.9. The topological polar surface area (TPSA) is 46.3 Å². The lowest BCUT2D eigenvalue weighted by Crippen LogP contribution is -2.26. The highest BCUT2D eigenvalue weighted by Gasteiger charge is 2.10. The molecule has 0 aliphatic carbocycles. The molecule has 0 aliphatic rings. The highest BCUT2D eigenvalue weighted by atomic mass is 16.2. The maximum absolute atomic E-state index is 12.2. The smallest absolute Gasteiger partial charge is 0.222 e. The first kappa shape index (κ1) is 15.1. The predicted octanol–water partition coefficient (Wildman–Crippen LogP) is 3.17. The number of carbonyl (C=O) groups is 1. The van der Waals surface area contributed by atoms with Crippen LogP contribution < -0.4 is 5.73 Å². The van der Waals surface area contributed by atoms with Crippen LogP contribution in [-0.4, -0.2) is 17.9 Å². The molecule has 0 atom stereocenters. The number of aryl methyl sites for hydroxylation is 2. The summed E-state index contributed by atoms with van der Waals surface area (Å²) in [6.45, 7) is 2.62. The van der Waals surface area contributed by atoms with E-state index in [9.17, 15) is 4.79 Å². The first-order chi connectivity index (χ1) is 10.1. The molecule has 21 heavy (non-hydrogen) atoms. The lowest BCUT2D eigenvalue weighted by molar-refractivity contribution is -0.130. The molecule has 0 bridgehead atoms. The van der Waals surface area contributed by atoms with Crippen LogP contribution in [0.5, 0.6) is 0 Å². The van der Waals surface area contributed by atoms with Crippen molar-refractivity contribution >= 4 is 11.6 Å². The minimum absolute atomic E-state index is 0.139. The zero-order chi connectivity index (χ0) is 15.2. The van der Waals surface area contributed by atoms with Gasteiger partial charge in [-0.15, -0.1) is 0 Å². The van der Waals surface area contributed by atoms with Crippen molar-refractivity contribution in [2.75, 3.05) is 12.8 Å². The Morgan fingerprint density at radius 3 is 2.62 bits per heavy atom. The number of nitrogens with zero attached hydrogens (tertiary/aromatic N) is 1. The van der Waals surface area contributed by atoms with Crippen LogP contribution >= 0.6 is 0 Å². The van der Waals surface area contributed by atoms with E-state index in [0.717, 1.165) is 17.7 Å². The Labute approximate surface area is 126 Å². The highest BCUT2D eigenvalue weighted by molar-refractivity contribution is 5.76. The molecule has 1 amide bonds. The van der Waals surface area contributed by atoms with E-state index in [1.807, 2.05) is 37.4 Å². The third-order valence-corrected chi connectivity index (χ3v) is 3.60. The number of para-hydroxylation sites is 1. The summed E-state index contributed by atoms with van der Waals surface area (Å²) in [5.41, 5.74) is 10.1. The molecule has 2 aromatic carbocycles. The summed E-state index contributed by atoms with van der Waals surface area (Å²) in [6, 6.07) is 16.0. The van der Waals surface area contributed by atoms with Gasteiger partial charge in [-0.1, -0.05) is 48.0 Å². The second kappa shape index (κ2) is 6.93. The first-order valence-electron chi connectivity index (χ1n) is 7.19. The fraction of sp³-hybridized carbons (Fsp3) is 0.278. The second-order valence-corrected chi connectivity index (χ2v) is 5.44. The molecule has 3 heteroatoms. The number of carbonyl (C=O) groups excluding carboxylic acids is 1. The van der Waals surface area contributed by atoms with Gasteiger partial charge >= 0.3 is 0 Å². The Bertz CT molecular complexity index is 622. The number of hydrogen-bond donors (Lipinski definition) is 1. The third kappa shape index (κ3) is 4.35. The molecule has 2 rings (SSSR count).